The topological polar surface area (TPSA) is 60.2 Å². The fourth-order valence-corrected chi connectivity index (χ4v) is 1.80. The predicted molar refractivity (Wildman–Crippen MR) is 73.0 cm³/mol. The molecule has 2 rings (SSSR count). The van der Waals surface area contributed by atoms with Gasteiger partial charge in [-0.25, -0.2) is 0 Å². The van der Waals surface area contributed by atoms with Crippen molar-refractivity contribution in [3.8, 4) is 17.1 Å². The Balaban J connectivity index is 2.20. The second-order valence-corrected chi connectivity index (χ2v) is 4.33. The molecule has 0 aliphatic heterocycles. The van der Waals surface area contributed by atoms with Gasteiger partial charge in [0.15, 0.2) is 0 Å². The third-order valence-corrected chi connectivity index (χ3v) is 2.86. The Morgan fingerprint density at radius 1 is 1.37 bits per heavy atom. The number of aromatic nitrogens is 2. The van der Waals surface area contributed by atoms with Gasteiger partial charge in [-0.05, 0) is 32.0 Å². The van der Waals surface area contributed by atoms with Gasteiger partial charge in [-0.1, -0.05) is 24.2 Å². The number of nitrogens with zero attached hydrogens (tertiary/aromatic N) is 2. The highest BCUT2D eigenvalue weighted by Gasteiger charge is 2.16. The summed E-state index contributed by atoms with van der Waals surface area (Å²) in [6.45, 7) is 5.05. The summed E-state index contributed by atoms with van der Waals surface area (Å²) >= 11 is 0. The molecule has 19 heavy (non-hydrogen) atoms. The Labute approximate surface area is 113 Å². The average Bonchev–Trinajstić information content (AvgIpc) is 2.94. The fourth-order valence-electron chi connectivity index (χ4n) is 1.80. The minimum atomic E-state index is 0.0518. The molecular formula is C14H19N3O2. The van der Waals surface area contributed by atoms with E-state index in [2.05, 4.69) is 22.4 Å². The molecule has 0 saturated heterocycles. The van der Waals surface area contributed by atoms with Gasteiger partial charge in [0.2, 0.25) is 11.7 Å². The van der Waals surface area contributed by atoms with Gasteiger partial charge >= 0.3 is 0 Å². The van der Waals surface area contributed by atoms with E-state index in [4.69, 9.17) is 9.26 Å². The smallest absolute Gasteiger partial charge is 0.243 e. The van der Waals surface area contributed by atoms with Crippen LogP contribution in [0.2, 0.25) is 0 Å². The van der Waals surface area contributed by atoms with E-state index in [1.54, 1.807) is 7.11 Å². The predicted octanol–water partition coefficient (Wildman–Crippen LogP) is 2.81. The maximum atomic E-state index is 5.30. The van der Waals surface area contributed by atoms with Crippen molar-refractivity contribution in [1.82, 2.24) is 15.5 Å². The van der Waals surface area contributed by atoms with E-state index in [-0.39, 0.29) is 6.04 Å². The highest BCUT2D eigenvalue weighted by Crippen LogP contribution is 2.27. The summed E-state index contributed by atoms with van der Waals surface area (Å²) in [5, 5.41) is 7.33. The second-order valence-electron chi connectivity index (χ2n) is 4.33. The highest BCUT2D eigenvalue weighted by atomic mass is 16.5. The number of hydrogen-bond donors (Lipinski definition) is 1. The average molecular weight is 261 g/mol. The zero-order valence-corrected chi connectivity index (χ0v) is 11.5. The summed E-state index contributed by atoms with van der Waals surface area (Å²) in [6.07, 6.45) is 1.07. The standard InChI is InChI=1S/C14H19N3O2/c1-4-9-15-10(2)14-16-13(17-19-14)11-7-5-6-8-12(11)18-3/h5-8,10,15H,4,9H2,1-3H3. The van der Waals surface area contributed by atoms with E-state index in [1.165, 1.54) is 0 Å². The normalized spacial score (nSPS) is 12.4. The van der Waals surface area contributed by atoms with E-state index >= 15 is 0 Å². The molecule has 0 spiro atoms. The van der Waals surface area contributed by atoms with Gasteiger partial charge in [0, 0.05) is 0 Å². The lowest BCUT2D eigenvalue weighted by atomic mass is 10.2. The molecule has 1 atom stereocenters. The minimum absolute atomic E-state index is 0.0518. The lowest BCUT2D eigenvalue weighted by Gasteiger charge is -2.07. The molecule has 0 aliphatic carbocycles. The third kappa shape index (κ3) is 3.12. The van der Waals surface area contributed by atoms with E-state index in [9.17, 15) is 0 Å². The van der Waals surface area contributed by atoms with E-state index in [1.807, 2.05) is 31.2 Å². The molecule has 5 heteroatoms. The Bertz CT molecular complexity index is 525. The molecule has 0 radical (unpaired) electrons. The molecule has 0 aliphatic rings. The molecule has 2 aromatic rings. The summed E-state index contributed by atoms with van der Waals surface area (Å²) < 4.78 is 10.6. The van der Waals surface area contributed by atoms with E-state index in [0.717, 1.165) is 24.3 Å². The van der Waals surface area contributed by atoms with Crippen molar-refractivity contribution in [3.63, 3.8) is 0 Å². The monoisotopic (exact) mass is 261 g/mol. The molecule has 1 heterocycles. The highest BCUT2D eigenvalue weighted by molar-refractivity contribution is 5.63. The van der Waals surface area contributed by atoms with Gasteiger partial charge in [0.1, 0.15) is 5.75 Å². The molecule has 1 N–H and O–H groups in total. The lowest BCUT2D eigenvalue weighted by Crippen LogP contribution is -2.19. The van der Waals surface area contributed by atoms with Crippen LogP contribution >= 0.6 is 0 Å². The van der Waals surface area contributed by atoms with Gasteiger partial charge < -0.3 is 14.6 Å². The van der Waals surface area contributed by atoms with Crippen LogP contribution in [0.3, 0.4) is 0 Å². The number of benzene rings is 1. The summed E-state index contributed by atoms with van der Waals surface area (Å²) in [5.41, 5.74) is 0.836. The molecule has 0 bridgehead atoms. The van der Waals surface area contributed by atoms with Crippen LogP contribution in [0.25, 0.3) is 11.4 Å². The minimum Gasteiger partial charge on any atom is -0.496 e. The molecule has 1 aromatic heterocycles. The van der Waals surface area contributed by atoms with Crippen LogP contribution in [0, 0.1) is 0 Å². The van der Waals surface area contributed by atoms with Crippen LogP contribution in [0.15, 0.2) is 28.8 Å². The maximum absolute atomic E-state index is 5.30. The molecule has 1 aromatic carbocycles. The second kappa shape index (κ2) is 6.33. The Morgan fingerprint density at radius 2 is 2.16 bits per heavy atom. The molecular weight excluding hydrogens is 242 g/mol. The fraction of sp³-hybridized carbons (Fsp3) is 0.429. The van der Waals surface area contributed by atoms with Gasteiger partial charge in [-0.15, -0.1) is 0 Å². The van der Waals surface area contributed by atoms with Crippen molar-refractivity contribution in [2.45, 2.75) is 26.3 Å². The first-order valence-electron chi connectivity index (χ1n) is 6.46. The molecule has 102 valence electrons. The number of para-hydroxylation sites is 1. The number of ether oxygens (including phenoxy) is 1. The molecule has 0 amide bonds. The number of hydrogen-bond acceptors (Lipinski definition) is 5. The summed E-state index contributed by atoms with van der Waals surface area (Å²) in [7, 11) is 1.63. The zero-order chi connectivity index (χ0) is 13.7. The maximum Gasteiger partial charge on any atom is 0.243 e. The number of methoxy groups -OCH3 is 1. The quantitative estimate of drug-likeness (QED) is 0.866. The SMILES string of the molecule is CCCNC(C)c1nc(-c2ccccc2OC)no1. The lowest BCUT2D eigenvalue weighted by molar-refractivity contribution is 0.340. The van der Waals surface area contributed by atoms with Crippen molar-refractivity contribution in [2.75, 3.05) is 13.7 Å². The molecule has 5 nitrogen and oxygen atoms in total. The van der Waals surface area contributed by atoms with E-state index < -0.39 is 0 Å². The van der Waals surface area contributed by atoms with Crippen LogP contribution in [0.1, 0.15) is 32.2 Å². The van der Waals surface area contributed by atoms with Crippen LogP contribution in [0.5, 0.6) is 5.75 Å². The molecule has 0 fully saturated rings. The molecule has 1 unspecified atom stereocenters. The number of rotatable bonds is 6. The van der Waals surface area contributed by atoms with Crippen molar-refractivity contribution >= 4 is 0 Å². The first kappa shape index (κ1) is 13.5. The Morgan fingerprint density at radius 3 is 2.89 bits per heavy atom. The van der Waals surface area contributed by atoms with Crippen LogP contribution < -0.4 is 10.1 Å². The first-order chi connectivity index (χ1) is 9.26. The first-order valence-corrected chi connectivity index (χ1v) is 6.46. The Kier molecular flexibility index (Phi) is 4.52. The summed E-state index contributed by atoms with van der Waals surface area (Å²) in [5.74, 6) is 1.89. The molecule has 0 saturated carbocycles. The van der Waals surface area contributed by atoms with Gasteiger partial charge in [-0.2, -0.15) is 4.98 Å². The van der Waals surface area contributed by atoms with Gasteiger partial charge in [-0.3, -0.25) is 0 Å². The van der Waals surface area contributed by atoms with Crippen molar-refractivity contribution < 1.29 is 9.26 Å². The van der Waals surface area contributed by atoms with Gasteiger partial charge in [0.25, 0.3) is 0 Å². The largest absolute Gasteiger partial charge is 0.496 e. The number of nitrogens with one attached hydrogen (secondary N) is 1. The third-order valence-electron chi connectivity index (χ3n) is 2.86. The van der Waals surface area contributed by atoms with Crippen molar-refractivity contribution in [3.05, 3.63) is 30.2 Å². The summed E-state index contributed by atoms with van der Waals surface area (Å²) in [6, 6.07) is 7.68. The van der Waals surface area contributed by atoms with Crippen molar-refractivity contribution in [1.29, 1.82) is 0 Å². The van der Waals surface area contributed by atoms with Crippen LogP contribution in [-0.4, -0.2) is 23.8 Å². The Hall–Kier alpha value is -1.88. The van der Waals surface area contributed by atoms with Crippen molar-refractivity contribution in [2.24, 2.45) is 0 Å². The van der Waals surface area contributed by atoms with Crippen LogP contribution in [0.4, 0.5) is 0 Å². The summed E-state index contributed by atoms with van der Waals surface area (Å²) in [4.78, 5) is 4.42. The van der Waals surface area contributed by atoms with Crippen LogP contribution in [-0.2, 0) is 0 Å². The zero-order valence-electron chi connectivity index (χ0n) is 11.5. The van der Waals surface area contributed by atoms with E-state index in [0.29, 0.717) is 11.7 Å². The van der Waals surface area contributed by atoms with Gasteiger partial charge in [0.05, 0.1) is 18.7 Å².